The Bertz CT molecular complexity index is 955. The van der Waals surface area contributed by atoms with Gasteiger partial charge in [0.15, 0.2) is 0 Å². The van der Waals surface area contributed by atoms with Crippen molar-refractivity contribution in [3.05, 3.63) is 59.8 Å². The van der Waals surface area contributed by atoms with Crippen LogP contribution in [0.5, 0.6) is 0 Å². The average molecular weight is 373 g/mol. The van der Waals surface area contributed by atoms with Crippen molar-refractivity contribution in [3.63, 3.8) is 0 Å². The summed E-state index contributed by atoms with van der Waals surface area (Å²) in [4.78, 5) is 17.1. The molecule has 3 aromatic rings. The minimum Gasteiger partial charge on any atom is -0.465 e. The first-order chi connectivity index (χ1) is 12.6. The van der Waals surface area contributed by atoms with Crippen molar-refractivity contribution in [2.24, 2.45) is 0 Å². The Kier molecular flexibility index (Phi) is 5.52. The lowest BCUT2D eigenvalue weighted by Gasteiger charge is -2.12. The van der Waals surface area contributed by atoms with E-state index in [9.17, 15) is 13.6 Å². The van der Waals surface area contributed by atoms with Gasteiger partial charge in [-0.15, -0.1) is 11.8 Å². The summed E-state index contributed by atoms with van der Waals surface area (Å²) < 4.78 is 33.4. The molecule has 1 aromatic heterocycles. The molecule has 0 radical (unpaired) electrons. The van der Waals surface area contributed by atoms with E-state index in [-0.39, 0.29) is 11.3 Å². The molecular formula is C20H17F2NO2S. The summed E-state index contributed by atoms with van der Waals surface area (Å²) in [5, 5.41) is 1.31. The summed E-state index contributed by atoms with van der Waals surface area (Å²) >= 11 is 1.62. The number of fused-ring (bicyclic) bond motifs is 1. The SMILES string of the molecule is CCCSc1cnc(-c2c(F)cccc2F)c2cc(C(=O)OC)ccc12. The number of benzene rings is 2. The highest BCUT2D eigenvalue weighted by Gasteiger charge is 2.18. The highest BCUT2D eigenvalue weighted by atomic mass is 32.2. The number of carbonyl (C=O) groups excluding carboxylic acids is 1. The summed E-state index contributed by atoms with van der Waals surface area (Å²) in [6, 6.07) is 8.67. The predicted octanol–water partition coefficient (Wildman–Crippen LogP) is 5.47. The van der Waals surface area contributed by atoms with Crippen LogP contribution in [0.15, 0.2) is 47.5 Å². The van der Waals surface area contributed by atoms with Gasteiger partial charge in [-0.1, -0.05) is 19.1 Å². The summed E-state index contributed by atoms with van der Waals surface area (Å²) in [6.07, 6.45) is 2.61. The third-order valence-electron chi connectivity index (χ3n) is 3.93. The van der Waals surface area contributed by atoms with E-state index in [4.69, 9.17) is 4.74 Å². The van der Waals surface area contributed by atoms with E-state index >= 15 is 0 Å². The molecule has 0 aliphatic heterocycles. The summed E-state index contributed by atoms with van der Waals surface area (Å²) in [5.74, 6) is -1.02. The fourth-order valence-corrected chi connectivity index (χ4v) is 3.60. The number of thioether (sulfide) groups is 1. The van der Waals surface area contributed by atoms with Gasteiger partial charge >= 0.3 is 5.97 Å². The van der Waals surface area contributed by atoms with Gasteiger partial charge in [0, 0.05) is 16.5 Å². The van der Waals surface area contributed by atoms with E-state index in [2.05, 4.69) is 11.9 Å². The van der Waals surface area contributed by atoms with Crippen LogP contribution < -0.4 is 0 Å². The molecular weight excluding hydrogens is 356 g/mol. The van der Waals surface area contributed by atoms with E-state index in [1.54, 1.807) is 36.2 Å². The average Bonchev–Trinajstić information content (AvgIpc) is 2.65. The fraction of sp³-hybridized carbons (Fsp3) is 0.200. The van der Waals surface area contributed by atoms with Crippen molar-refractivity contribution in [3.8, 4) is 11.3 Å². The van der Waals surface area contributed by atoms with Crippen LogP contribution in [-0.2, 0) is 4.74 Å². The number of esters is 1. The van der Waals surface area contributed by atoms with Crippen LogP contribution >= 0.6 is 11.8 Å². The van der Waals surface area contributed by atoms with Crippen LogP contribution in [-0.4, -0.2) is 23.8 Å². The lowest BCUT2D eigenvalue weighted by atomic mass is 10.0. The Morgan fingerprint density at radius 2 is 1.88 bits per heavy atom. The van der Waals surface area contributed by atoms with Crippen LogP contribution in [0.3, 0.4) is 0 Å². The van der Waals surface area contributed by atoms with Crippen LogP contribution in [0, 0.1) is 11.6 Å². The van der Waals surface area contributed by atoms with Gasteiger partial charge in [-0.2, -0.15) is 0 Å². The van der Waals surface area contributed by atoms with E-state index in [0.717, 1.165) is 22.5 Å². The standard InChI is InChI=1S/C20H17F2NO2S/c1-3-9-26-17-11-23-19(18-15(21)5-4-6-16(18)22)14-10-12(20(24)25-2)7-8-13(14)17/h4-8,10-11H,3,9H2,1-2H3. The highest BCUT2D eigenvalue weighted by Crippen LogP contribution is 2.36. The molecule has 0 saturated carbocycles. The second-order valence-electron chi connectivity index (χ2n) is 5.67. The first kappa shape index (κ1) is 18.3. The molecule has 26 heavy (non-hydrogen) atoms. The Hall–Kier alpha value is -2.47. The van der Waals surface area contributed by atoms with E-state index < -0.39 is 17.6 Å². The predicted molar refractivity (Wildman–Crippen MR) is 99.4 cm³/mol. The van der Waals surface area contributed by atoms with Gasteiger partial charge in [0.2, 0.25) is 0 Å². The smallest absolute Gasteiger partial charge is 0.337 e. The van der Waals surface area contributed by atoms with Crippen molar-refractivity contribution in [1.29, 1.82) is 0 Å². The second kappa shape index (κ2) is 7.83. The molecule has 6 heteroatoms. The quantitative estimate of drug-likeness (QED) is 0.439. The molecule has 0 aliphatic carbocycles. The van der Waals surface area contributed by atoms with E-state index in [1.165, 1.54) is 25.3 Å². The molecule has 3 nitrogen and oxygen atoms in total. The summed E-state index contributed by atoms with van der Waals surface area (Å²) in [7, 11) is 1.29. The van der Waals surface area contributed by atoms with Gasteiger partial charge in [0.25, 0.3) is 0 Å². The number of ether oxygens (including phenoxy) is 1. The molecule has 0 fully saturated rings. The molecule has 0 aliphatic rings. The number of halogens is 2. The molecule has 3 rings (SSSR count). The first-order valence-electron chi connectivity index (χ1n) is 8.15. The maximum absolute atomic E-state index is 14.3. The van der Waals surface area contributed by atoms with Crippen LogP contribution in [0.25, 0.3) is 22.0 Å². The summed E-state index contributed by atoms with van der Waals surface area (Å²) in [5.41, 5.74) is 0.270. The van der Waals surface area contributed by atoms with Crippen molar-refractivity contribution < 1.29 is 18.3 Å². The van der Waals surface area contributed by atoms with Crippen LogP contribution in [0.2, 0.25) is 0 Å². The van der Waals surface area contributed by atoms with Gasteiger partial charge in [-0.3, -0.25) is 4.98 Å². The Balaban J connectivity index is 2.30. The molecule has 0 saturated heterocycles. The van der Waals surface area contributed by atoms with Crippen molar-refractivity contribution in [1.82, 2.24) is 4.98 Å². The van der Waals surface area contributed by atoms with Gasteiger partial charge < -0.3 is 4.74 Å². The van der Waals surface area contributed by atoms with Crippen molar-refractivity contribution in [2.75, 3.05) is 12.9 Å². The molecule has 0 amide bonds. The maximum Gasteiger partial charge on any atom is 0.337 e. The molecule has 2 aromatic carbocycles. The number of rotatable bonds is 5. The maximum atomic E-state index is 14.3. The summed E-state index contributed by atoms with van der Waals surface area (Å²) in [6.45, 7) is 2.07. The number of hydrogen-bond donors (Lipinski definition) is 0. The van der Waals surface area contributed by atoms with Crippen molar-refractivity contribution >= 4 is 28.5 Å². The van der Waals surface area contributed by atoms with E-state index in [1.807, 2.05) is 0 Å². The fourth-order valence-electron chi connectivity index (χ4n) is 2.71. The number of aromatic nitrogens is 1. The molecule has 1 heterocycles. The van der Waals surface area contributed by atoms with Crippen molar-refractivity contribution in [2.45, 2.75) is 18.2 Å². The zero-order valence-corrected chi connectivity index (χ0v) is 15.2. The molecule has 0 bridgehead atoms. The molecule has 0 spiro atoms. The monoisotopic (exact) mass is 373 g/mol. The number of methoxy groups -OCH3 is 1. The lowest BCUT2D eigenvalue weighted by Crippen LogP contribution is -2.02. The Morgan fingerprint density at radius 1 is 1.15 bits per heavy atom. The van der Waals surface area contributed by atoms with Crippen LogP contribution in [0.1, 0.15) is 23.7 Å². The van der Waals surface area contributed by atoms with Crippen LogP contribution in [0.4, 0.5) is 8.78 Å². The molecule has 0 atom stereocenters. The highest BCUT2D eigenvalue weighted by molar-refractivity contribution is 7.99. The molecule has 0 N–H and O–H groups in total. The van der Waals surface area contributed by atoms with E-state index in [0.29, 0.717) is 10.9 Å². The third kappa shape index (κ3) is 3.42. The number of carbonyl (C=O) groups is 1. The number of pyridine rings is 1. The molecule has 0 unspecified atom stereocenters. The lowest BCUT2D eigenvalue weighted by molar-refractivity contribution is 0.0601. The number of nitrogens with zero attached hydrogens (tertiary/aromatic N) is 1. The normalized spacial score (nSPS) is 10.9. The Labute approximate surface area is 154 Å². The second-order valence-corrected chi connectivity index (χ2v) is 6.80. The van der Waals surface area contributed by atoms with Gasteiger partial charge in [0.1, 0.15) is 11.6 Å². The topological polar surface area (TPSA) is 39.2 Å². The minimum absolute atomic E-state index is 0.169. The zero-order valence-electron chi connectivity index (χ0n) is 14.4. The van der Waals surface area contributed by atoms with Gasteiger partial charge in [-0.05, 0) is 41.8 Å². The third-order valence-corrected chi connectivity index (χ3v) is 5.18. The molecule has 134 valence electrons. The van der Waals surface area contributed by atoms with Gasteiger partial charge in [-0.25, -0.2) is 13.6 Å². The van der Waals surface area contributed by atoms with Gasteiger partial charge in [0.05, 0.1) is 23.9 Å². The first-order valence-corrected chi connectivity index (χ1v) is 9.13. The largest absolute Gasteiger partial charge is 0.465 e. The Morgan fingerprint density at radius 3 is 2.54 bits per heavy atom. The minimum atomic E-state index is -0.698. The number of hydrogen-bond acceptors (Lipinski definition) is 4. The zero-order chi connectivity index (χ0) is 18.7.